The van der Waals surface area contributed by atoms with Gasteiger partial charge in [-0.25, -0.2) is 0 Å². The van der Waals surface area contributed by atoms with Crippen molar-refractivity contribution in [1.29, 1.82) is 0 Å². The number of carbonyl (C=O) groups is 3. The van der Waals surface area contributed by atoms with E-state index >= 15 is 0 Å². The number of amides is 2. The van der Waals surface area contributed by atoms with Crippen LogP contribution in [-0.2, 0) is 22.4 Å². The monoisotopic (exact) mass is 442 g/mol. The van der Waals surface area contributed by atoms with Gasteiger partial charge in [0.2, 0.25) is 11.8 Å². The average molecular weight is 443 g/mol. The summed E-state index contributed by atoms with van der Waals surface area (Å²) in [5.41, 5.74) is 3.89. The fourth-order valence-electron chi connectivity index (χ4n) is 3.30. The van der Waals surface area contributed by atoms with Gasteiger partial charge in [-0.2, -0.15) is 0 Å². The summed E-state index contributed by atoms with van der Waals surface area (Å²) in [4.78, 5) is 36.3. The van der Waals surface area contributed by atoms with Crippen molar-refractivity contribution in [1.82, 2.24) is 5.32 Å². The standard InChI is InChI=1S/C22H23BrN2O3/c23-18-7-3-4-8-19(18)25-22(28)14-24-21(27)12-11-20(26)17-10-9-15-5-1-2-6-16(15)13-17/h3-4,7-10,13H,1-2,5-6,11-12,14H2,(H,24,27)(H,25,28). The average Bonchev–Trinajstić information content (AvgIpc) is 2.71. The highest BCUT2D eigenvalue weighted by molar-refractivity contribution is 9.10. The van der Waals surface area contributed by atoms with Crippen LogP contribution in [0, 0.1) is 0 Å². The van der Waals surface area contributed by atoms with Gasteiger partial charge >= 0.3 is 0 Å². The summed E-state index contributed by atoms with van der Waals surface area (Å²) in [5.74, 6) is -0.670. The molecule has 0 atom stereocenters. The Balaban J connectivity index is 1.43. The molecule has 28 heavy (non-hydrogen) atoms. The highest BCUT2D eigenvalue weighted by Crippen LogP contribution is 2.23. The molecule has 0 aliphatic heterocycles. The van der Waals surface area contributed by atoms with Crippen LogP contribution >= 0.6 is 15.9 Å². The first-order valence-corrected chi connectivity index (χ1v) is 10.3. The molecule has 0 saturated carbocycles. The van der Waals surface area contributed by atoms with E-state index in [0.29, 0.717) is 11.3 Å². The largest absolute Gasteiger partial charge is 0.347 e. The molecule has 6 heteroatoms. The van der Waals surface area contributed by atoms with Crippen LogP contribution in [0.4, 0.5) is 5.69 Å². The number of halogens is 1. The number of rotatable bonds is 7. The SMILES string of the molecule is O=C(CCC(=O)c1ccc2c(c1)CCCC2)NCC(=O)Nc1ccccc1Br. The van der Waals surface area contributed by atoms with Crippen molar-refractivity contribution in [2.24, 2.45) is 0 Å². The molecule has 0 spiro atoms. The topological polar surface area (TPSA) is 75.3 Å². The van der Waals surface area contributed by atoms with Crippen LogP contribution < -0.4 is 10.6 Å². The zero-order valence-electron chi connectivity index (χ0n) is 15.6. The molecule has 0 radical (unpaired) electrons. The van der Waals surface area contributed by atoms with E-state index in [4.69, 9.17) is 0 Å². The molecule has 0 aromatic heterocycles. The number of anilines is 1. The number of ketones is 1. The van der Waals surface area contributed by atoms with Crippen LogP contribution in [0.2, 0.25) is 0 Å². The molecule has 3 rings (SSSR count). The lowest BCUT2D eigenvalue weighted by atomic mass is 9.89. The van der Waals surface area contributed by atoms with Gasteiger partial charge in [0.1, 0.15) is 0 Å². The summed E-state index contributed by atoms with van der Waals surface area (Å²) in [6, 6.07) is 13.1. The number of nitrogens with one attached hydrogen (secondary N) is 2. The molecule has 1 aliphatic carbocycles. The van der Waals surface area contributed by atoms with Crippen molar-refractivity contribution >= 4 is 39.2 Å². The number of carbonyl (C=O) groups excluding carboxylic acids is 3. The highest BCUT2D eigenvalue weighted by atomic mass is 79.9. The molecule has 0 bridgehead atoms. The minimum atomic E-state index is -0.318. The van der Waals surface area contributed by atoms with Gasteiger partial charge in [-0.05, 0) is 70.9 Å². The first-order chi connectivity index (χ1) is 13.5. The van der Waals surface area contributed by atoms with Gasteiger partial charge < -0.3 is 10.6 Å². The molecular weight excluding hydrogens is 420 g/mol. The molecule has 2 N–H and O–H groups in total. The number of benzene rings is 2. The number of para-hydroxylation sites is 1. The Labute approximate surface area is 173 Å². The molecule has 5 nitrogen and oxygen atoms in total. The Morgan fingerprint density at radius 1 is 0.893 bits per heavy atom. The molecule has 0 heterocycles. The lowest BCUT2D eigenvalue weighted by Crippen LogP contribution is -2.33. The molecular formula is C22H23BrN2O3. The van der Waals surface area contributed by atoms with E-state index in [1.807, 2.05) is 36.4 Å². The maximum Gasteiger partial charge on any atom is 0.243 e. The second-order valence-electron chi connectivity index (χ2n) is 6.92. The zero-order chi connectivity index (χ0) is 19.9. The van der Waals surface area contributed by atoms with Gasteiger partial charge in [0, 0.05) is 22.9 Å². The zero-order valence-corrected chi connectivity index (χ0v) is 17.2. The van der Waals surface area contributed by atoms with Crippen LogP contribution in [-0.4, -0.2) is 24.1 Å². The summed E-state index contributed by atoms with van der Waals surface area (Å²) < 4.78 is 0.769. The summed E-state index contributed by atoms with van der Waals surface area (Å²) in [6.45, 7) is -0.132. The molecule has 2 amide bonds. The van der Waals surface area contributed by atoms with Gasteiger partial charge in [0.05, 0.1) is 12.2 Å². The summed E-state index contributed by atoms with van der Waals surface area (Å²) in [6.07, 6.45) is 4.66. The Morgan fingerprint density at radius 3 is 2.43 bits per heavy atom. The van der Waals surface area contributed by atoms with Crippen LogP contribution in [0.1, 0.15) is 47.2 Å². The number of Topliss-reactive ketones (excluding diaryl/α,β-unsaturated/α-hetero) is 1. The lowest BCUT2D eigenvalue weighted by molar-refractivity contribution is -0.124. The van der Waals surface area contributed by atoms with Gasteiger partial charge in [0.15, 0.2) is 5.78 Å². The number of hydrogen-bond acceptors (Lipinski definition) is 3. The van der Waals surface area contributed by atoms with Crippen LogP contribution in [0.15, 0.2) is 46.9 Å². The first kappa shape index (κ1) is 20.3. The van der Waals surface area contributed by atoms with Gasteiger partial charge in [-0.15, -0.1) is 0 Å². The third kappa shape index (κ3) is 5.52. The predicted molar refractivity (Wildman–Crippen MR) is 112 cm³/mol. The molecule has 0 saturated heterocycles. The Kier molecular flexibility index (Phi) is 6.98. The van der Waals surface area contributed by atoms with E-state index < -0.39 is 0 Å². The van der Waals surface area contributed by atoms with Crippen molar-refractivity contribution in [3.63, 3.8) is 0 Å². The van der Waals surface area contributed by atoms with Crippen molar-refractivity contribution in [3.05, 3.63) is 63.6 Å². The normalized spacial score (nSPS) is 12.8. The first-order valence-electron chi connectivity index (χ1n) is 9.49. The highest BCUT2D eigenvalue weighted by Gasteiger charge is 2.14. The number of fused-ring (bicyclic) bond motifs is 1. The number of hydrogen-bond donors (Lipinski definition) is 2. The van der Waals surface area contributed by atoms with E-state index in [9.17, 15) is 14.4 Å². The molecule has 2 aromatic rings. The smallest absolute Gasteiger partial charge is 0.243 e. The minimum absolute atomic E-state index is 0.0406. The molecule has 0 fully saturated rings. The maximum absolute atomic E-state index is 12.4. The summed E-state index contributed by atoms with van der Waals surface area (Å²) in [7, 11) is 0. The Morgan fingerprint density at radius 2 is 1.64 bits per heavy atom. The Hall–Kier alpha value is -2.47. The second-order valence-corrected chi connectivity index (χ2v) is 7.77. The number of aryl methyl sites for hydroxylation is 2. The van der Waals surface area contributed by atoms with Gasteiger partial charge in [0.25, 0.3) is 0 Å². The van der Waals surface area contributed by atoms with Gasteiger partial charge in [-0.3, -0.25) is 14.4 Å². The predicted octanol–water partition coefficient (Wildman–Crippen LogP) is 4.05. The van der Waals surface area contributed by atoms with Crippen molar-refractivity contribution < 1.29 is 14.4 Å². The van der Waals surface area contributed by atoms with E-state index in [0.717, 1.165) is 23.7 Å². The van der Waals surface area contributed by atoms with Crippen molar-refractivity contribution in [2.45, 2.75) is 38.5 Å². The second kappa shape index (κ2) is 9.64. The third-order valence-electron chi connectivity index (χ3n) is 4.84. The Bertz CT molecular complexity index is 895. The van der Waals surface area contributed by atoms with Crippen molar-refractivity contribution in [3.8, 4) is 0 Å². The van der Waals surface area contributed by atoms with E-state index in [2.05, 4.69) is 26.6 Å². The fraction of sp³-hybridized carbons (Fsp3) is 0.318. The molecule has 1 aliphatic rings. The van der Waals surface area contributed by atoms with E-state index in [1.165, 1.54) is 17.5 Å². The summed E-state index contributed by atoms with van der Waals surface area (Å²) in [5, 5.41) is 5.28. The quantitative estimate of drug-likeness (QED) is 0.635. The molecule has 146 valence electrons. The maximum atomic E-state index is 12.4. The minimum Gasteiger partial charge on any atom is -0.347 e. The van der Waals surface area contributed by atoms with Crippen LogP contribution in [0.5, 0.6) is 0 Å². The fourth-order valence-corrected chi connectivity index (χ4v) is 3.69. The van der Waals surface area contributed by atoms with Gasteiger partial charge in [-0.1, -0.05) is 24.3 Å². The van der Waals surface area contributed by atoms with E-state index in [-0.39, 0.29) is 37.0 Å². The molecule has 0 unspecified atom stereocenters. The van der Waals surface area contributed by atoms with Crippen molar-refractivity contribution in [2.75, 3.05) is 11.9 Å². The van der Waals surface area contributed by atoms with Crippen LogP contribution in [0.3, 0.4) is 0 Å². The summed E-state index contributed by atoms with van der Waals surface area (Å²) >= 11 is 3.35. The molecule has 2 aromatic carbocycles. The van der Waals surface area contributed by atoms with E-state index in [1.54, 1.807) is 6.07 Å². The third-order valence-corrected chi connectivity index (χ3v) is 5.54. The lowest BCUT2D eigenvalue weighted by Gasteiger charge is -2.16. The van der Waals surface area contributed by atoms with Crippen LogP contribution in [0.25, 0.3) is 0 Å².